The van der Waals surface area contributed by atoms with Crippen LogP contribution in [0.2, 0.25) is 10.0 Å². The first-order valence-electron chi connectivity index (χ1n) is 10.7. The van der Waals surface area contributed by atoms with E-state index in [-0.39, 0.29) is 11.5 Å². The SMILES string of the molecule is Cc1c2c(cc3c1O/C(=C\c1ccc(Cl)cc1Cl)C3=O)CN(CCN1CCOCC1)CO2. The molecule has 1 fully saturated rings. The van der Waals surface area contributed by atoms with Crippen LogP contribution in [-0.2, 0) is 11.3 Å². The summed E-state index contributed by atoms with van der Waals surface area (Å²) < 4.78 is 17.5. The van der Waals surface area contributed by atoms with Crippen LogP contribution in [0.15, 0.2) is 30.0 Å². The van der Waals surface area contributed by atoms with Crippen molar-refractivity contribution in [3.05, 3.63) is 62.3 Å². The highest BCUT2D eigenvalue weighted by Crippen LogP contribution is 2.43. The molecule has 0 N–H and O–H groups in total. The maximum Gasteiger partial charge on any atom is 0.231 e. The van der Waals surface area contributed by atoms with Crippen molar-refractivity contribution in [2.24, 2.45) is 0 Å². The van der Waals surface area contributed by atoms with E-state index in [9.17, 15) is 4.79 Å². The summed E-state index contributed by atoms with van der Waals surface area (Å²) in [6, 6.07) is 7.05. The zero-order chi connectivity index (χ0) is 22.2. The molecule has 0 amide bonds. The predicted octanol–water partition coefficient (Wildman–Crippen LogP) is 4.40. The standard InChI is InChI=1S/C24H24Cl2N2O4/c1-15-23-17(13-28(14-31-23)5-4-27-6-8-30-9-7-27)10-19-22(29)21(32-24(15)19)11-16-2-3-18(25)12-20(16)26/h2-3,10-12H,4-9,13-14H2,1H3/b21-11-. The molecule has 1 saturated heterocycles. The van der Waals surface area contributed by atoms with Gasteiger partial charge < -0.3 is 14.2 Å². The summed E-state index contributed by atoms with van der Waals surface area (Å²) in [4.78, 5) is 17.8. The molecule has 0 radical (unpaired) electrons. The first kappa shape index (κ1) is 21.7. The lowest BCUT2D eigenvalue weighted by atomic mass is 10.00. The van der Waals surface area contributed by atoms with Crippen molar-refractivity contribution < 1.29 is 19.0 Å². The van der Waals surface area contributed by atoms with Gasteiger partial charge in [0.25, 0.3) is 0 Å². The van der Waals surface area contributed by atoms with Gasteiger partial charge in [-0.1, -0.05) is 29.3 Å². The molecule has 2 aromatic rings. The number of halogens is 2. The Labute approximate surface area is 197 Å². The number of allylic oxidation sites excluding steroid dienone is 1. The maximum atomic E-state index is 13.1. The van der Waals surface area contributed by atoms with E-state index in [4.69, 9.17) is 37.4 Å². The van der Waals surface area contributed by atoms with Crippen LogP contribution in [0.5, 0.6) is 11.5 Å². The zero-order valence-corrected chi connectivity index (χ0v) is 19.3. The molecule has 3 aliphatic heterocycles. The molecule has 6 nitrogen and oxygen atoms in total. The van der Waals surface area contributed by atoms with Gasteiger partial charge in [0.15, 0.2) is 5.76 Å². The highest BCUT2D eigenvalue weighted by atomic mass is 35.5. The lowest BCUT2D eigenvalue weighted by Crippen LogP contribution is -2.43. The van der Waals surface area contributed by atoms with Gasteiger partial charge in [-0.15, -0.1) is 0 Å². The Balaban J connectivity index is 1.35. The van der Waals surface area contributed by atoms with E-state index in [1.54, 1.807) is 24.3 Å². The topological polar surface area (TPSA) is 51.2 Å². The molecule has 0 unspecified atom stereocenters. The molecule has 0 saturated carbocycles. The summed E-state index contributed by atoms with van der Waals surface area (Å²) in [5, 5.41) is 1.01. The summed E-state index contributed by atoms with van der Waals surface area (Å²) in [5.41, 5.74) is 3.11. The van der Waals surface area contributed by atoms with Crippen molar-refractivity contribution in [2.75, 3.05) is 46.1 Å². The lowest BCUT2D eigenvalue weighted by molar-refractivity contribution is 0.0239. The number of carbonyl (C=O) groups excluding carboxylic acids is 1. The fourth-order valence-corrected chi connectivity index (χ4v) is 4.77. The Kier molecular flexibility index (Phi) is 6.14. The van der Waals surface area contributed by atoms with E-state index in [0.717, 1.165) is 62.8 Å². The van der Waals surface area contributed by atoms with Crippen molar-refractivity contribution in [1.29, 1.82) is 0 Å². The number of nitrogens with zero attached hydrogens (tertiary/aromatic N) is 2. The van der Waals surface area contributed by atoms with E-state index in [1.807, 2.05) is 13.0 Å². The summed E-state index contributed by atoms with van der Waals surface area (Å²) in [5.74, 6) is 1.47. The molecule has 0 atom stereocenters. The normalized spacial score (nSPS) is 20.1. The number of ether oxygens (including phenoxy) is 3. The van der Waals surface area contributed by atoms with Crippen molar-refractivity contribution >= 4 is 35.1 Å². The number of morpholine rings is 1. The quantitative estimate of drug-likeness (QED) is 0.612. The van der Waals surface area contributed by atoms with E-state index < -0.39 is 0 Å². The van der Waals surface area contributed by atoms with Gasteiger partial charge in [-0.2, -0.15) is 0 Å². The van der Waals surface area contributed by atoms with Crippen molar-refractivity contribution in [3.8, 4) is 11.5 Å². The second kappa shape index (κ2) is 9.04. The van der Waals surface area contributed by atoms with Crippen molar-refractivity contribution in [1.82, 2.24) is 9.80 Å². The number of Topliss-reactive ketones (excluding diaryl/α,β-unsaturated/α-hetero) is 1. The summed E-state index contributed by atoms with van der Waals surface area (Å²) in [6.07, 6.45) is 1.66. The Morgan fingerprint density at radius 2 is 1.84 bits per heavy atom. The maximum absolute atomic E-state index is 13.1. The molecule has 3 aliphatic rings. The van der Waals surface area contributed by atoms with E-state index in [1.165, 1.54) is 0 Å². The first-order chi connectivity index (χ1) is 15.5. The van der Waals surface area contributed by atoms with Gasteiger partial charge in [0.05, 0.1) is 18.8 Å². The van der Waals surface area contributed by atoms with Crippen LogP contribution in [0.4, 0.5) is 0 Å². The minimum Gasteiger partial charge on any atom is -0.477 e. The van der Waals surface area contributed by atoms with Gasteiger partial charge in [-0.3, -0.25) is 14.6 Å². The number of carbonyl (C=O) groups is 1. The molecule has 0 aromatic heterocycles. The fraction of sp³-hybridized carbons (Fsp3) is 0.375. The average Bonchev–Trinajstić information content (AvgIpc) is 3.10. The Hall–Kier alpha value is -2.09. The minimum absolute atomic E-state index is 0.151. The number of fused-ring (bicyclic) bond motifs is 2. The molecule has 168 valence electrons. The molecule has 2 aromatic carbocycles. The predicted molar refractivity (Wildman–Crippen MR) is 124 cm³/mol. The fourth-order valence-electron chi connectivity index (χ4n) is 4.31. The van der Waals surface area contributed by atoms with Crippen LogP contribution >= 0.6 is 23.2 Å². The molecule has 0 aliphatic carbocycles. The Morgan fingerprint density at radius 1 is 1.06 bits per heavy atom. The third-order valence-electron chi connectivity index (χ3n) is 6.09. The molecule has 8 heteroatoms. The third kappa shape index (κ3) is 4.26. The number of hydrogen-bond donors (Lipinski definition) is 0. The van der Waals surface area contributed by atoms with Crippen LogP contribution in [-0.4, -0.2) is 61.7 Å². The van der Waals surface area contributed by atoms with Gasteiger partial charge in [-0.05, 0) is 36.8 Å². The summed E-state index contributed by atoms with van der Waals surface area (Å²) in [7, 11) is 0. The number of ketones is 1. The van der Waals surface area contributed by atoms with Gasteiger partial charge in [0.2, 0.25) is 5.78 Å². The summed E-state index contributed by atoms with van der Waals surface area (Å²) >= 11 is 12.2. The van der Waals surface area contributed by atoms with Gasteiger partial charge in [-0.25, -0.2) is 0 Å². The summed E-state index contributed by atoms with van der Waals surface area (Å²) in [6.45, 7) is 8.60. The van der Waals surface area contributed by atoms with Gasteiger partial charge in [0, 0.05) is 53.9 Å². The highest BCUT2D eigenvalue weighted by Gasteiger charge is 2.33. The molecular weight excluding hydrogens is 451 g/mol. The number of hydrogen-bond acceptors (Lipinski definition) is 6. The van der Waals surface area contributed by atoms with E-state index in [2.05, 4.69) is 9.80 Å². The first-order valence-corrected chi connectivity index (χ1v) is 11.5. The average molecular weight is 475 g/mol. The minimum atomic E-state index is -0.151. The van der Waals surface area contributed by atoms with Crippen LogP contribution in [0.25, 0.3) is 6.08 Å². The molecule has 0 bridgehead atoms. The van der Waals surface area contributed by atoms with Crippen molar-refractivity contribution in [2.45, 2.75) is 13.5 Å². The second-order valence-electron chi connectivity index (χ2n) is 8.25. The Bertz CT molecular complexity index is 1100. The second-order valence-corrected chi connectivity index (χ2v) is 9.10. The molecule has 3 heterocycles. The zero-order valence-electron chi connectivity index (χ0n) is 17.8. The van der Waals surface area contributed by atoms with Crippen LogP contribution < -0.4 is 9.47 Å². The molecule has 0 spiro atoms. The van der Waals surface area contributed by atoms with Crippen LogP contribution in [0.3, 0.4) is 0 Å². The highest BCUT2D eigenvalue weighted by molar-refractivity contribution is 6.35. The van der Waals surface area contributed by atoms with E-state index >= 15 is 0 Å². The number of benzene rings is 2. The van der Waals surface area contributed by atoms with Gasteiger partial charge >= 0.3 is 0 Å². The third-order valence-corrected chi connectivity index (χ3v) is 6.65. The number of rotatable bonds is 4. The van der Waals surface area contributed by atoms with Crippen LogP contribution in [0, 0.1) is 6.92 Å². The Morgan fingerprint density at radius 3 is 2.62 bits per heavy atom. The van der Waals surface area contributed by atoms with Crippen molar-refractivity contribution in [3.63, 3.8) is 0 Å². The molecule has 32 heavy (non-hydrogen) atoms. The van der Waals surface area contributed by atoms with E-state index in [0.29, 0.717) is 33.7 Å². The molecule has 5 rings (SSSR count). The monoisotopic (exact) mass is 474 g/mol. The molecular formula is C24H24Cl2N2O4. The van der Waals surface area contributed by atoms with Crippen LogP contribution in [0.1, 0.15) is 27.0 Å². The smallest absolute Gasteiger partial charge is 0.231 e. The van der Waals surface area contributed by atoms with Gasteiger partial charge in [0.1, 0.15) is 18.2 Å². The largest absolute Gasteiger partial charge is 0.477 e. The lowest BCUT2D eigenvalue weighted by Gasteiger charge is -2.33.